The minimum absolute atomic E-state index is 0.0741. The summed E-state index contributed by atoms with van der Waals surface area (Å²) in [4.78, 5) is 22.3. The summed E-state index contributed by atoms with van der Waals surface area (Å²) in [6, 6.07) is 0. The molecule has 0 bridgehead atoms. The molecular formula is C8H9N5O2. The van der Waals surface area contributed by atoms with E-state index in [-0.39, 0.29) is 11.9 Å². The van der Waals surface area contributed by atoms with Gasteiger partial charge in [0.25, 0.3) is 0 Å². The second-order valence-corrected chi connectivity index (χ2v) is 2.97. The molecule has 2 heterocycles. The van der Waals surface area contributed by atoms with Crippen LogP contribution in [-0.2, 0) is 0 Å². The average molecular weight is 207 g/mol. The van der Waals surface area contributed by atoms with E-state index in [2.05, 4.69) is 20.4 Å². The van der Waals surface area contributed by atoms with Gasteiger partial charge in [0, 0.05) is 0 Å². The lowest BCUT2D eigenvalue weighted by Crippen LogP contribution is -2.37. The van der Waals surface area contributed by atoms with Gasteiger partial charge in [-0.2, -0.15) is 0 Å². The van der Waals surface area contributed by atoms with Crippen LogP contribution in [-0.4, -0.2) is 33.5 Å². The maximum absolute atomic E-state index is 10.5. The fourth-order valence-electron chi connectivity index (χ4n) is 1.19. The van der Waals surface area contributed by atoms with Crippen LogP contribution in [0.5, 0.6) is 0 Å². The van der Waals surface area contributed by atoms with Crippen molar-refractivity contribution in [3.8, 4) is 0 Å². The number of rotatable bonds is 2. The van der Waals surface area contributed by atoms with E-state index >= 15 is 0 Å². The number of aromatic nitrogens is 2. The Morgan fingerprint density at radius 2 is 2.33 bits per heavy atom. The Kier molecular flexibility index (Phi) is 2.20. The Morgan fingerprint density at radius 3 is 2.80 bits per heavy atom. The van der Waals surface area contributed by atoms with Crippen molar-refractivity contribution in [2.45, 2.75) is 13.1 Å². The number of hydrogen-bond donors (Lipinski definition) is 2. The second kappa shape index (κ2) is 3.52. The first kappa shape index (κ1) is 9.38. The van der Waals surface area contributed by atoms with Crippen LogP contribution in [0.3, 0.4) is 0 Å². The van der Waals surface area contributed by atoms with Gasteiger partial charge < -0.3 is 5.11 Å². The molecule has 0 radical (unpaired) electrons. The van der Waals surface area contributed by atoms with Crippen LogP contribution >= 0.6 is 0 Å². The van der Waals surface area contributed by atoms with Gasteiger partial charge in [0.1, 0.15) is 12.5 Å². The quantitative estimate of drug-likeness (QED) is 0.702. The number of anilines is 1. The number of hydrazine groups is 1. The SMILES string of the molecule is CC1N=CNN1c1cnc(C(=O)O)cn1. The lowest BCUT2D eigenvalue weighted by Gasteiger charge is -2.20. The maximum atomic E-state index is 10.5. The van der Waals surface area contributed by atoms with Crippen molar-refractivity contribution in [3.05, 3.63) is 18.1 Å². The molecule has 2 rings (SSSR count). The van der Waals surface area contributed by atoms with Crippen LogP contribution in [0.15, 0.2) is 17.4 Å². The Bertz CT molecular complexity index is 402. The largest absolute Gasteiger partial charge is 0.476 e. The molecule has 0 saturated heterocycles. The highest BCUT2D eigenvalue weighted by atomic mass is 16.4. The molecule has 0 aliphatic carbocycles. The summed E-state index contributed by atoms with van der Waals surface area (Å²) in [7, 11) is 0. The van der Waals surface area contributed by atoms with Crippen LogP contribution in [0.4, 0.5) is 5.82 Å². The molecule has 1 aromatic heterocycles. The molecule has 1 atom stereocenters. The Morgan fingerprint density at radius 1 is 1.53 bits per heavy atom. The first-order chi connectivity index (χ1) is 7.18. The molecule has 0 amide bonds. The lowest BCUT2D eigenvalue weighted by atomic mass is 10.4. The van der Waals surface area contributed by atoms with E-state index in [1.54, 1.807) is 11.3 Å². The predicted molar refractivity (Wildman–Crippen MR) is 52.6 cm³/mol. The molecule has 1 unspecified atom stereocenters. The summed E-state index contributed by atoms with van der Waals surface area (Å²) in [5.41, 5.74) is 2.79. The molecule has 2 N–H and O–H groups in total. The fraction of sp³-hybridized carbons (Fsp3) is 0.250. The van der Waals surface area contributed by atoms with Gasteiger partial charge in [-0.25, -0.2) is 24.8 Å². The van der Waals surface area contributed by atoms with Gasteiger partial charge >= 0.3 is 5.97 Å². The van der Waals surface area contributed by atoms with Crippen molar-refractivity contribution in [3.63, 3.8) is 0 Å². The third-order valence-corrected chi connectivity index (χ3v) is 1.96. The van der Waals surface area contributed by atoms with Gasteiger partial charge in [-0.15, -0.1) is 0 Å². The van der Waals surface area contributed by atoms with Crippen LogP contribution in [0.1, 0.15) is 17.4 Å². The molecule has 78 valence electrons. The summed E-state index contributed by atoms with van der Waals surface area (Å²) < 4.78 is 0. The van der Waals surface area contributed by atoms with Crippen LogP contribution in [0.25, 0.3) is 0 Å². The summed E-state index contributed by atoms with van der Waals surface area (Å²) >= 11 is 0. The zero-order valence-electron chi connectivity index (χ0n) is 7.95. The summed E-state index contributed by atoms with van der Waals surface area (Å²) in [5.74, 6) is -0.558. The van der Waals surface area contributed by atoms with Gasteiger partial charge in [-0.1, -0.05) is 0 Å². The van der Waals surface area contributed by atoms with Crippen LogP contribution in [0.2, 0.25) is 0 Å². The van der Waals surface area contributed by atoms with E-state index < -0.39 is 5.97 Å². The maximum Gasteiger partial charge on any atom is 0.356 e. The first-order valence-electron chi connectivity index (χ1n) is 4.31. The van der Waals surface area contributed by atoms with E-state index in [0.717, 1.165) is 0 Å². The molecule has 0 aromatic carbocycles. The van der Waals surface area contributed by atoms with E-state index in [1.807, 2.05) is 6.92 Å². The number of aromatic carboxylic acids is 1. The van der Waals surface area contributed by atoms with Crippen molar-refractivity contribution in [1.82, 2.24) is 15.4 Å². The number of carboxylic acid groups (broad SMARTS) is 1. The molecule has 7 nitrogen and oxygen atoms in total. The highest BCUT2D eigenvalue weighted by molar-refractivity contribution is 5.84. The monoisotopic (exact) mass is 207 g/mol. The normalized spacial score (nSPS) is 19.0. The Balaban J connectivity index is 2.20. The van der Waals surface area contributed by atoms with Crippen LogP contribution < -0.4 is 10.4 Å². The zero-order chi connectivity index (χ0) is 10.8. The van der Waals surface area contributed by atoms with Crippen molar-refractivity contribution in [1.29, 1.82) is 0 Å². The number of hydrogen-bond acceptors (Lipinski definition) is 6. The topological polar surface area (TPSA) is 90.7 Å². The molecule has 15 heavy (non-hydrogen) atoms. The van der Waals surface area contributed by atoms with Crippen LogP contribution in [0, 0.1) is 0 Å². The minimum Gasteiger partial charge on any atom is -0.476 e. The number of nitrogens with one attached hydrogen (secondary N) is 1. The Labute approximate surface area is 85.5 Å². The highest BCUT2D eigenvalue weighted by Gasteiger charge is 2.18. The van der Waals surface area contributed by atoms with Crippen molar-refractivity contribution < 1.29 is 9.90 Å². The first-order valence-corrected chi connectivity index (χ1v) is 4.31. The van der Waals surface area contributed by atoms with E-state index in [0.29, 0.717) is 5.82 Å². The van der Waals surface area contributed by atoms with Gasteiger partial charge in [0.05, 0.1) is 12.4 Å². The summed E-state index contributed by atoms with van der Waals surface area (Å²) in [6.07, 6.45) is 4.08. The lowest BCUT2D eigenvalue weighted by molar-refractivity contribution is 0.0690. The highest BCUT2D eigenvalue weighted by Crippen LogP contribution is 2.12. The van der Waals surface area contributed by atoms with Gasteiger partial charge in [0.15, 0.2) is 11.5 Å². The summed E-state index contributed by atoms with van der Waals surface area (Å²) in [5, 5.41) is 10.3. The summed E-state index contributed by atoms with van der Waals surface area (Å²) in [6.45, 7) is 1.88. The Hall–Kier alpha value is -2.18. The molecule has 0 fully saturated rings. The molecule has 0 spiro atoms. The number of carbonyl (C=O) groups is 1. The predicted octanol–water partition coefficient (Wildman–Crippen LogP) is -0.126. The second-order valence-electron chi connectivity index (χ2n) is 2.97. The molecule has 1 aliphatic heterocycles. The zero-order valence-corrected chi connectivity index (χ0v) is 7.95. The van der Waals surface area contributed by atoms with Crippen molar-refractivity contribution >= 4 is 18.1 Å². The molecule has 7 heteroatoms. The minimum atomic E-state index is -1.09. The van der Waals surface area contributed by atoms with Crippen molar-refractivity contribution in [2.75, 3.05) is 5.01 Å². The third kappa shape index (κ3) is 1.71. The molecule has 1 aliphatic rings. The van der Waals surface area contributed by atoms with E-state index in [9.17, 15) is 4.79 Å². The standard InChI is InChI=1S/C8H9N5O2/c1-5-11-4-12-13(5)7-3-9-6(2-10-7)8(14)15/h2-5H,1H3,(H,11,12)(H,14,15). The third-order valence-electron chi connectivity index (χ3n) is 1.96. The number of aliphatic imine (C=N–C) groups is 1. The van der Waals surface area contributed by atoms with Crippen molar-refractivity contribution in [2.24, 2.45) is 4.99 Å². The molecule has 0 saturated carbocycles. The molecule has 1 aromatic rings. The van der Waals surface area contributed by atoms with E-state index in [1.165, 1.54) is 12.4 Å². The van der Waals surface area contributed by atoms with Gasteiger partial charge in [-0.3, -0.25) is 5.43 Å². The number of carboxylic acids is 1. The smallest absolute Gasteiger partial charge is 0.356 e. The fourth-order valence-corrected chi connectivity index (χ4v) is 1.19. The van der Waals surface area contributed by atoms with E-state index in [4.69, 9.17) is 5.11 Å². The van der Waals surface area contributed by atoms with Gasteiger partial charge in [-0.05, 0) is 6.92 Å². The average Bonchev–Trinajstić information content (AvgIpc) is 2.65. The van der Waals surface area contributed by atoms with Gasteiger partial charge in [0.2, 0.25) is 0 Å². The molecular weight excluding hydrogens is 198 g/mol. The number of nitrogens with zero attached hydrogens (tertiary/aromatic N) is 4.